The average molecular weight is 547 g/mol. The van der Waals surface area contributed by atoms with Crippen molar-refractivity contribution in [3.8, 4) is 0 Å². The van der Waals surface area contributed by atoms with Crippen LogP contribution in [0.2, 0.25) is 10.0 Å². The van der Waals surface area contributed by atoms with Crippen LogP contribution >= 0.6 is 23.2 Å². The van der Waals surface area contributed by atoms with Crippen LogP contribution in [0.25, 0.3) is 0 Å². The lowest BCUT2D eigenvalue weighted by atomic mass is 9.96. The summed E-state index contributed by atoms with van der Waals surface area (Å²) in [5.74, 6) is -0.212. The second kappa shape index (κ2) is 11.8. The highest BCUT2D eigenvalue weighted by Crippen LogP contribution is 2.29. The van der Waals surface area contributed by atoms with Crippen LogP contribution in [0.15, 0.2) is 78.9 Å². The van der Waals surface area contributed by atoms with Crippen LogP contribution in [0.5, 0.6) is 0 Å². The van der Waals surface area contributed by atoms with Crippen molar-refractivity contribution in [2.75, 3.05) is 39.0 Å². The van der Waals surface area contributed by atoms with E-state index in [-0.39, 0.29) is 25.0 Å². The molecule has 1 aliphatic heterocycles. The summed E-state index contributed by atoms with van der Waals surface area (Å²) in [6.45, 7) is 2.25. The number of carbonyl (C=O) groups excluding carboxylic acids is 1. The number of hydrogen-bond donors (Lipinski definition) is 0. The van der Waals surface area contributed by atoms with E-state index in [1.807, 2.05) is 36.4 Å². The van der Waals surface area contributed by atoms with Gasteiger partial charge in [-0.25, -0.2) is 8.42 Å². The fraction of sp³-hybridized carbons (Fsp3) is 0.296. The van der Waals surface area contributed by atoms with Crippen LogP contribution in [-0.2, 0) is 21.4 Å². The maximum absolute atomic E-state index is 13.1. The smallest absolute Gasteiger partial charge is 0.237 e. The van der Waals surface area contributed by atoms with E-state index in [4.69, 9.17) is 23.2 Å². The van der Waals surface area contributed by atoms with Crippen LogP contribution in [0, 0.1) is 0 Å². The fourth-order valence-electron chi connectivity index (χ4n) is 4.50. The van der Waals surface area contributed by atoms with E-state index < -0.39 is 10.0 Å². The fourth-order valence-corrected chi connectivity index (χ4v) is 5.55. The normalized spacial score (nSPS) is 15.0. The number of amides is 1. The third-order valence-electron chi connectivity index (χ3n) is 6.39. The molecule has 6 nitrogen and oxygen atoms in total. The van der Waals surface area contributed by atoms with Crippen LogP contribution in [0.3, 0.4) is 0 Å². The van der Waals surface area contributed by atoms with Gasteiger partial charge in [0.2, 0.25) is 15.9 Å². The minimum absolute atomic E-state index is 0.0471. The Morgan fingerprint density at radius 2 is 1.42 bits per heavy atom. The predicted molar refractivity (Wildman–Crippen MR) is 145 cm³/mol. The van der Waals surface area contributed by atoms with Crippen molar-refractivity contribution in [2.24, 2.45) is 0 Å². The highest BCUT2D eigenvalue weighted by atomic mass is 35.5. The maximum atomic E-state index is 13.1. The molecule has 1 aliphatic rings. The molecule has 0 N–H and O–H groups in total. The zero-order chi connectivity index (χ0) is 25.7. The van der Waals surface area contributed by atoms with Gasteiger partial charge in [-0.05, 0) is 28.8 Å². The SMILES string of the molecule is CS(=O)(=O)N(CC(=O)N1CCN(C(c2ccccc2)c2ccccc2)CC1)Cc1ccc(Cl)c(Cl)c1. The minimum Gasteiger partial charge on any atom is -0.339 e. The molecule has 1 heterocycles. The number of carbonyl (C=O) groups is 1. The number of halogens is 2. The van der Waals surface area contributed by atoms with Crippen LogP contribution in [0.1, 0.15) is 22.7 Å². The maximum Gasteiger partial charge on any atom is 0.237 e. The monoisotopic (exact) mass is 545 g/mol. The summed E-state index contributed by atoms with van der Waals surface area (Å²) >= 11 is 12.1. The van der Waals surface area contributed by atoms with Crippen molar-refractivity contribution in [1.29, 1.82) is 0 Å². The Labute approximate surface area is 223 Å². The molecular formula is C27H29Cl2N3O3S. The third kappa shape index (κ3) is 6.66. The van der Waals surface area contributed by atoms with Crippen LogP contribution in [0.4, 0.5) is 0 Å². The Kier molecular flexibility index (Phi) is 8.70. The lowest BCUT2D eigenvalue weighted by molar-refractivity contribution is -0.133. The third-order valence-corrected chi connectivity index (χ3v) is 8.32. The van der Waals surface area contributed by atoms with Crippen molar-refractivity contribution >= 4 is 39.1 Å². The summed E-state index contributed by atoms with van der Waals surface area (Å²) in [6.07, 6.45) is 1.11. The molecule has 4 rings (SSSR count). The molecule has 1 fully saturated rings. The molecule has 0 aliphatic carbocycles. The summed E-state index contributed by atoms with van der Waals surface area (Å²) in [4.78, 5) is 17.3. The molecular weight excluding hydrogens is 517 g/mol. The molecule has 0 spiro atoms. The van der Waals surface area contributed by atoms with Gasteiger partial charge in [-0.15, -0.1) is 0 Å². The molecule has 0 aromatic heterocycles. The van der Waals surface area contributed by atoms with Gasteiger partial charge in [0.25, 0.3) is 0 Å². The lowest BCUT2D eigenvalue weighted by Gasteiger charge is -2.40. The molecule has 0 radical (unpaired) electrons. The Balaban J connectivity index is 1.43. The molecule has 0 atom stereocenters. The molecule has 0 bridgehead atoms. The van der Waals surface area contributed by atoms with Crippen molar-refractivity contribution in [3.63, 3.8) is 0 Å². The Morgan fingerprint density at radius 3 is 1.92 bits per heavy atom. The summed E-state index contributed by atoms with van der Waals surface area (Å²) in [5.41, 5.74) is 3.07. The van der Waals surface area contributed by atoms with E-state index in [0.29, 0.717) is 41.8 Å². The van der Waals surface area contributed by atoms with Gasteiger partial charge in [-0.2, -0.15) is 4.31 Å². The molecule has 1 saturated heterocycles. The molecule has 0 saturated carbocycles. The Hall–Kier alpha value is -2.42. The molecule has 3 aromatic rings. The van der Waals surface area contributed by atoms with Crippen LogP contribution in [-0.4, -0.2) is 67.4 Å². The van der Waals surface area contributed by atoms with E-state index in [9.17, 15) is 13.2 Å². The van der Waals surface area contributed by atoms with E-state index in [1.165, 1.54) is 15.4 Å². The highest BCUT2D eigenvalue weighted by Gasteiger charge is 2.30. The predicted octanol–water partition coefficient (Wildman–Crippen LogP) is 4.69. The second-order valence-corrected chi connectivity index (χ2v) is 11.7. The second-order valence-electron chi connectivity index (χ2n) is 8.92. The molecule has 36 heavy (non-hydrogen) atoms. The van der Waals surface area contributed by atoms with E-state index in [0.717, 1.165) is 6.26 Å². The molecule has 1 amide bonds. The summed E-state index contributed by atoms with van der Waals surface area (Å²) in [7, 11) is -3.62. The Morgan fingerprint density at radius 1 is 0.861 bits per heavy atom. The molecule has 9 heteroatoms. The lowest BCUT2D eigenvalue weighted by Crippen LogP contribution is -2.52. The topological polar surface area (TPSA) is 60.9 Å². The van der Waals surface area contributed by atoms with Gasteiger partial charge in [0.05, 0.1) is 28.9 Å². The molecule has 3 aromatic carbocycles. The number of hydrogen-bond acceptors (Lipinski definition) is 4. The van der Waals surface area contributed by atoms with Crippen molar-refractivity contribution in [3.05, 3.63) is 106 Å². The molecule has 190 valence electrons. The van der Waals surface area contributed by atoms with Crippen molar-refractivity contribution in [1.82, 2.24) is 14.1 Å². The van der Waals surface area contributed by atoms with Crippen LogP contribution < -0.4 is 0 Å². The largest absolute Gasteiger partial charge is 0.339 e. The number of rotatable bonds is 8. The first-order valence-electron chi connectivity index (χ1n) is 11.7. The number of sulfonamides is 1. The standard InChI is InChI=1S/C27H29Cl2N3O3S/c1-36(34,35)32(19-21-12-13-24(28)25(29)18-21)20-26(33)30-14-16-31(17-15-30)27(22-8-4-2-5-9-22)23-10-6-3-7-11-23/h2-13,18,27H,14-17,19-20H2,1H3. The zero-order valence-electron chi connectivity index (χ0n) is 20.1. The summed E-state index contributed by atoms with van der Waals surface area (Å²) in [5, 5.41) is 0.737. The van der Waals surface area contributed by atoms with Crippen molar-refractivity contribution < 1.29 is 13.2 Å². The minimum atomic E-state index is -3.62. The Bertz CT molecular complexity index is 1240. The number of piperazine rings is 1. The number of benzene rings is 3. The molecule has 0 unspecified atom stereocenters. The first kappa shape index (κ1) is 26.6. The van der Waals surface area contributed by atoms with Gasteiger partial charge in [-0.3, -0.25) is 9.69 Å². The van der Waals surface area contributed by atoms with Gasteiger partial charge < -0.3 is 4.90 Å². The van der Waals surface area contributed by atoms with Gasteiger partial charge in [0.1, 0.15) is 0 Å². The quantitative estimate of drug-likeness (QED) is 0.412. The van der Waals surface area contributed by atoms with Gasteiger partial charge in [0, 0.05) is 32.7 Å². The first-order chi connectivity index (χ1) is 17.2. The van der Waals surface area contributed by atoms with Gasteiger partial charge in [0.15, 0.2) is 0 Å². The summed E-state index contributed by atoms with van der Waals surface area (Å²) in [6, 6.07) is 25.7. The van der Waals surface area contributed by atoms with E-state index in [2.05, 4.69) is 29.2 Å². The number of nitrogens with zero attached hydrogens (tertiary/aromatic N) is 3. The average Bonchev–Trinajstić information content (AvgIpc) is 2.87. The van der Waals surface area contributed by atoms with E-state index >= 15 is 0 Å². The van der Waals surface area contributed by atoms with Gasteiger partial charge in [-0.1, -0.05) is 89.9 Å². The van der Waals surface area contributed by atoms with Crippen molar-refractivity contribution in [2.45, 2.75) is 12.6 Å². The highest BCUT2D eigenvalue weighted by molar-refractivity contribution is 7.88. The zero-order valence-corrected chi connectivity index (χ0v) is 22.4. The van der Waals surface area contributed by atoms with E-state index in [1.54, 1.807) is 23.1 Å². The first-order valence-corrected chi connectivity index (χ1v) is 14.3. The van der Waals surface area contributed by atoms with Gasteiger partial charge >= 0.3 is 0 Å². The summed E-state index contributed by atoms with van der Waals surface area (Å²) < 4.78 is 26.1.